The molecule has 0 fully saturated rings. The minimum absolute atomic E-state index is 0.00262. The summed E-state index contributed by atoms with van der Waals surface area (Å²) >= 11 is 0. The van der Waals surface area contributed by atoms with E-state index in [0.29, 0.717) is 5.56 Å². The average Bonchev–Trinajstić information content (AvgIpc) is 2.40. The second-order valence-electron chi connectivity index (χ2n) is 4.64. The molecule has 0 aliphatic heterocycles. The highest BCUT2D eigenvalue weighted by Gasteiger charge is 2.17. The molecule has 110 valence electrons. The second-order valence-corrected chi connectivity index (χ2v) is 4.64. The van der Waals surface area contributed by atoms with Gasteiger partial charge in [0.15, 0.2) is 0 Å². The minimum Gasteiger partial charge on any atom is -0.494 e. The Morgan fingerprint density at radius 2 is 2.00 bits per heavy atom. The van der Waals surface area contributed by atoms with Crippen molar-refractivity contribution in [2.75, 3.05) is 0 Å². The van der Waals surface area contributed by atoms with Crippen LogP contribution in [0.25, 0.3) is 11.1 Å². The van der Waals surface area contributed by atoms with Crippen LogP contribution in [0.4, 0.5) is 0 Å². The molecule has 4 N–H and O–H groups in total. The first-order valence-corrected chi connectivity index (χ1v) is 6.32. The van der Waals surface area contributed by atoms with Gasteiger partial charge in [-0.15, -0.1) is 0 Å². The van der Waals surface area contributed by atoms with Gasteiger partial charge in [-0.05, 0) is 18.1 Å². The van der Waals surface area contributed by atoms with Gasteiger partial charge in [-0.25, -0.2) is 4.79 Å². The van der Waals surface area contributed by atoms with Crippen molar-refractivity contribution in [1.29, 1.82) is 0 Å². The summed E-state index contributed by atoms with van der Waals surface area (Å²) in [6.45, 7) is 1.68. The molecule has 1 aromatic heterocycles. The zero-order valence-corrected chi connectivity index (χ0v) is 11.4. The summed E-state index contributed by atoms with van der Waals surface area (Å²) in [6, 6.07) is 6.98. The van der Waals surface area contributed by atoms with Gasteiger partial charge in [0.2, 0.25) is 11.8 Å². The van der Waals surface area contributed by atoms with Crippen LogP contribution in [-0.4, -0.2) is 20.6 Å². The zero-order chi connectivity index (χ0) is 15.6. The standard InChI is InChI=1S/C14H15N3O4/c1-8-4-2-3-5-9(8)11-12(19)16-14(21)17(13(11)20)7-6-10(15)18/h2-5,20H,6-7H2,1H3,(H2,15,18)(H,16,19,21). The number of aromatic hydroxyl groups is 1. The van der Waals surface area contributed by atoms with Crippen molar-refractivity contribution in [3.05, 3.63) is 50.7 Å². The molecule has 1 heterocycles. The number of aryl methyl sites for hydroxylation is 1. The van der Waals surface area contributed by atoms with Crippen molar-refractivity contribution in [2.24, 2.45) is 5.73 Å². The highest BCUT2D eigenvalue weighted by Crippen LogP contribution is 2.26. The number of nitrogens with zero attached hydrogens (tertiary/aromatic N) is 1. The molecule has 21 heavy (non-hydrogen) atoms. The number of nitrogens with two attached hydrogens (primary N) is 1. The summed E-state index contributed by atoms with van der Waals surface area (Å²) in [6.07, 6.45) is -0.118. The van der Waals surface area contributed by atoms with E-state index >= 15 is 0 Å². The lowest BCUT2D eigenvalue weighted by Crippen LogP contribution is -2.32. The predicted octanol–water partition coefficient (Wildman–Crippen LogP) is 0.0930. The van der Waals surface area contributed by atoms with Crippen LogP contribution in [0.15, 0.2) is 33.9 Å². The Labute approximate surface area is 119 Å². The zero-order valence-electron chi connectivity index (χ0n) is 11.4. The van der Waals surface area contributed by atoms with Crippen LogP contribution >= 0.6 is 0 Å². The molecule has 0 saturated carbocycles. The fraction of sp³-hybridized carbons (Fsp3) is 0.214. The Bertz CT molecular complexity index is 805. The van der Waals surface area contributed by atoms with Gasteiger partial charge in [-0.2, -0.15) is 0 Å². The van der Waals surface area contributed by atoms with Crippen LogP contribution < -0.4 is 17.0 Å². The van der Waals surface area contributed by atoms with Gasteiger partial charge < -0.3 is 10.8 Å². The summed E-state index contributed by atoms with van der Waals surface area (Å²) in [7, 11) is 0. The molecular weight excluding hydrogens is 274 g/mol. The van der Waals surface area contributed by atoms with Crippen LogP contribution in [0.2, 0.25) is 0 Å². The molecule has 0 spiro atoms. The molecule has 7 nitrogen and oxygen atoms in total. The lowest BCUT2D eigenvalue weighted by atomic mass is 10.0. The molecule has 0 saturated heterocycles. The smallest absolute Gasteiger partial charge is 0.331 e. The van der Waals surface area contributed by atoms with Crippen LogP contribution in [0.5, 0.6) is 5.88 Å². The summed E-state index contributed by atoms with van der Waals surface area (Å²) in [5, 5.41) is 10.2. The fourth-order valence-corrected chi connectivity index (χ4v) is 2.09. The molecule has 0 atom stereocenters. The summed E-state index contributed by atoms with van der Waals surface area (Å²) in [5.41, 5.74) is 4.87. The van der Waals surface area contributed by atoms with Gasteiger partial charge in [0, 0.05) is 13.0 Å². The largest absolute Gasteiger partial charge is 0.494 e. The number of amides is 1. The van der Waals surface area contributed by atoms with E-state index in [9.17, 15) is 19.5 Å². The fourth-order valence-electron chi connectivity index (χ4n) is 2.09. The van der Waals surface area contributed by atoms with Gasteiger partial charge in [0.25, 0.3) is 5.56 Å². The number of carbonyl (C=O) groups is 1. The highest BCUT2D eigenvalue weighted by atomic mass is 16.3. The second kappa shape index (κ2) is 5.66. The maximum atomic E-state index is 12.0. The van der Waals surface area contributed by atoms with Crippen LogP contribution in [0.3, 0.4) is 0 Å². The van der Waals surface area contributed by atoms with E-state index in [1.807, 2.05) is 0 Å². The molecule has 0 aliphatic rings. The quantitative estimate of drug-likeness (QED) is 0.739. The third-order valence-electron chi connectivity index (χ3n) is 3.17. The first-order valence-electron chi connectivity index (χ1n) is 6.32. The van der Waals surface area contributed by atoms with Gasteiger partial charge in [0.1, 0.15) is 5.56 Å². The first-order chi connectivity index (χ1) is 9.91. The number of primary amides is 1. The Hall–Kier alpha value is -2.83. The molecular formula is C14H15N3O4. The SMILES string of the molecule is Cc1ccccc1-c1c(O)n(CCC(N)=O)c(=O)[nH]c1=O. The maximum Gasteiger partial charge on any atom is 0.331 e. The van der Waals surface area contributed by atoms with Crippen molar-refractivity contribution in [2.45, 2.75) is 19.9 Å². The van der Waals surface area contributed by atoms with Crippen molar-refractivity contribution >= 4 is 5.91 Å². The maximum absolute atomic E-state index is 12.0. The van der Waals surface area contributed by atoms with Crippen molar-refractivity contribution in [3.8, 4) is 17.0 Å². The topological polar surface area (TPSA) is 118 Å². The number of rotatable bonds is 4. The summed E-state index contributed by atoms with van der Waals surface area (Å²) in [5.74, 6) is -1.08. The molecule has 2 aromatic rings. The Balaban J connectivity index is 2.65. The normalized spacial score (nSPS) is 10.5. The van der Waals surface area contributed by atoms with Gasteiger partial charge in [0.05, 0.1) is 0 Å². The van der Waals surface area contributed by atoms with Crippen LogP contribution in [-0.2, 0) is 11.3 Å². The van der Waals surface area contributed by atoms with Crippen LogP contribution in [0.1, 0.15) is 12.0 Å². The lowest BCUT2D eigenvalue weighted by molar-refractivity contribution is -0.118. The van der Waals surface area contributed by atoms with E-state index in [2.05, 4.69) is 4.98 Å². The van der Waals surface area contributed by atoms with E-state index in [1.54, 1.807) is 31.2 Å². The van der Waals surface area contributed by atoms with E-state index in [1.165, 1.54) is 0 Å². The average molecular weight is 289 g/mol. The number of nitrogens with one attached hydrogen (secondary N) is 1. The molecule has 2 rings (SSSR count). The van der Waals surface area contributed by atoms with E-state index < -0.39 is 23.0 Å². The highest BCUT2D eigenvalue weighted by molar-refractivity contribution is 5.74. The Morgan fingerprint density at radius 1 is 1.33 bits per heavy atom. The minimum atomic E-state index is -0.781. The summed E-state index contributed by atoms with van der Waals surface area (Å²) < 4.78 is 0.925. The number of hydrogen-bond acceptors (Lipinski definition) is 4. The Kier molecular flexibility index (Phi) is 3.93. The van der Waals surface area contributed by atoms with E-state index in [0.717, 1.165) is 10.1 Å². The third-order valence-corrected chi connectivity index (χ3v) is 3.17. The molecule has 0 unspecified atom stereocenters. The number of aromatic nitrogens is 2. The number of hydrogen-bond donors (Lipinski definition) is 3. The molecule has 7 heteroatoms. The van der Waals surface area contributed by atoms with Gasteiger partial charge in [-0.1, -0.05) is 24.3 Å². The Morgan fingerprint density at radius 3 is 2.62 bits per heavy atom. The van der Waals surface area contributed by atoms with Gasteiger partial charge >= 0.3 is 5.69 Å². The van der Waals surface area contributed by atoms with E-state index in [4.69, 9.17) is 5.73 Å². The van der Waals surface area contributed by atoms with Crippen LogP contribution in [0, 0.1) is 6.92 Å². The molecule has 1 amide bonds. The molecule has 0 aliphatic carbocycles. The first kappa shape index (κ1) is 14.6. The third kappa shape index (κ3) is 2.86. The van der Waals surface area contributed by atoms with E-state index in [-0.39, 0.29) is 18.5 Å². The lowest BCUT2D eigenvalue weighted by Gasteiger charge is -2.12. The number of H-pyrrole nitrogens is 1. The number of aromatic amines is 1. The number of benzene rings is 1. The van der Waals surface area contributed by atoms with Crippen molar-refractivity contribution in [3.63, 3.8) is 0 Å². The van der Waals surface area contributed by atoms with Gasteiger partial charge in [-0.3, -0.25) is 19.1 Å². The molecule has 1 aromatic carbocycles. The molecule has 0 radical (unpaired) electrons. The summed E-state index contributed by atoms with van der Waals surface area (Å²) in [4.78, 5) is 36.7. The van der Waals surface area contributed by atoms with Crippen molar-refractivity contribution in [1.82, 2.24) is 9.55 Å². The van der Waals surface area contributed by atoms with Crippen molar-refractivity contribution < 1.29 is 9.90 Å². The molecule has 0 bridgehead atoms. The number of carbonyl (C=O) groups excluding carboxylic acids is 1. The predicted molar refractivity (Wildman–Crippen MR) is 77.0 cm³/mol. The monoisotopic (exact) mass is 289 g/mol.